The van der Waals surface area contributed by atoms with Crippen LogP contribution in [0.2, 0.25) is 0 Å². The first-order chi connectivity index (χ1) is 6.40. The van der Waals surface area contributed by atoms with Crippen LogP contribution in [-0.2, 0) is 0 Å². The predicted octanol–water partition coefficient (Wildman–Crippen LogP) is 4.75. The van der Waals surface area contributed by atoms with Crippen molar-refractivity contribution in [1.29, 1.82) is 0 Å². The van der Waals surface area contributed by atoms with Crippen molar-refractivity contribution in [1.82, 2.24) is 0 Å². The minimum absolute atomic E-state index is 0.136. The van der Waals surface area contributed by atoms with Gasteiger partial charge in [-0.05, 0) is 18.3 Å². The summed E-state index contributed by atoms with van der Waals surface area (Å²) in [4.78, 5) is 0. The summed E-state index contributed by atoms with van der Waals surface area (Å²) in [6.07, 6.45) is 4.25. The highest BCUT2D eigenvalue weighted by Gasteiger charge is 2.38. The summed E-state index contributed by atoms with van der Waals surface area (Å²) in [6, 6.07) is 0. The van der Waals surface area contributed by atoms with Crippen LogP contribution in [0, 0.1) is 10.8 Å². The summed E-state index contributed by atoms with van der Waals surface area (Å²) in [5, 5.41) is 0. The molecule has 0 aromatic carbocycles. The molecular weight excluding hydrogens is 175 g/mol. The molecule has 14 heavy (non-hydrogen) atoms. The van der Waals surface area contributed by atoms with Gasteiger partial charge < -0.3 is 0 Å². The van der Waals surface area contributed by atoms with E-state index in [9.17, 15) is 4.39 Å². The summed E-state index contributed by atoms with van der Waals surface area (Å²) in [6.45, 7) is 12.3. The summed E-state index contributed by atoms with van der Waals surface area (Å²) < 4.78 is 12.8. The lowest BCUT2D eigenvalue weighted by atomic mass is 9.72. The van der Waals surface area contributed by atoms with Gasteiger partial charge in [0.05, 0.1) is 6.67 Å². The Bertz CT molecular complexity index is 198. The van der Waals surface area contributed by atoms with Crippen molar-refractivity contribution in [3.63, 3.8) is 0 Å². The van der Waals surface area contributed by atoms with E-state index >= 15 is 0 Å². The van der Waals surface area contributed by atoms with Crippen LogP contribution in [0.25, 0.3) is 0 Å². The van der Waals surface area contributed by atoms with Gasteiger partial charge in [0.1, 0.15) is 0 Å². The van der Waals surface area contributed by atoms with Crippen molar-refractivity contribution in [3.05, 3.63) is 11.6 Å². The molecule has 0 heterocycles. The molecule has 84 valence electrons. The fourth-order valence-corrected chi connectivity index (χ4v) is 2.27. The number of halogens is 1. The van der Waals surface area contributed by atoms with Crippen LogP contribution >= 0.6 is 0 Å². The van der Waals surface area contributed by atoms with Crippen LogP contribution < -0.4 is 0 Å². The molecule has 1 rings (SSSR count). The van der Waals surface area contributed by atoms with Gasteiger partial charge in [0.25, 0.3) is 0 Å². The summed E-state index contributed by atoms with van der Waals surface area (Å²) in [5.41, 5.74) is 1.27. The molecule has 0 bridgehead atoms. The molecule has 0 N–H and O–H groups in total. The lowest BCUT2D eigenvalue weighted by Crippen LogP contribution is -2.26. The molecule has 1 aliphatic carbocycles. The van der Waals surface area contributed by atoms with E-state index < -0.39 is 0 Å². The fourth-order valence-electron chi connectivity index (χ4n) is 2.27. The quantitative estimate of drug-likeness (QED) is 0.536. The zero-order chi connectivity index (χ0) is 11.4. The Kier molecular flexibility index (Phi) is 4.83. The van der Waals surface area contributed by atoms with Crippen molar-refractivity contribution in [2.45, 2.75) is 54.4 Å². The maximum atomic E-state index is 12.8. The third-order valence-corrected chi connectivity index (χ3v) is 2.80. The first kappa shape index (κ1) is 13.7. The Morgan fingerprint density at radius 2 is 1.86 bits per heavy atom. The highest BCUT2D eigenvalue weighted by atomic mass is 19.1. The zero-order valence-corrected chi connectivity index (χ0v) is 10.6. The third-order valence-electron chi connectivity index (χ3n) is 2.80. The largest absolute Gasteiger partial charge is 0.250 e. The molecule has 0 spiro atoms. The van der Waals surface area contributed by atoms with Gasteiger partial charge in [0, 0.05) is 5.41 Å². The van der Waals surface area contributed by atoms with Gasteiger partial charge in [-0.2, -0.15) is 0 Å². The van der Waals surface area contributed by atoms with Gasteiger partial charge >= 0.3 is 0 Å². The molecule has 0 aromatic heterocycles. The van der Waals surface area contributed by atoms with Gasteiger partial charge in [-0.1, -0.05) is 53.2 Å². The van der Waals surface area contributed by atoms with Gasteiger partial charge in [-0.3, -0.25) is 4.39 Å². The average molecular weight is 200 g/mol. The topological polar surface area (TPSA) is 0 Å². The Balaban J connectivity index is 0.000000791. The molecule has 0 fully saturated rings. The number of allylic oxidation sites excluding steroid dienone is 2. The van der Waals surface area contributed by atoms with E-state index in [1.165, 1.54) is 5.57 Å². The molecular formula is C13H25F. The van der Waals surface area contributed by atoms with E-state index in [1.54, 1.807) is 0 Å². The standard InChI is InChI=1S/C11H19F.C2H6/c1-10(2,3)9-6-5-7-11(9,4)8-12;1-2/h6H,5,7-8H2,1-4H3;1-2H3. The average Bonchev–Trinajstić information content (AvgIpc) is 2.51. The van der Waals surface area contributed by atoms with E-state index in [4.69, 9.17) is 0 Å². The monoisotopic (exact) mass is 200 g/mol. The van der Waals surface area contributed by atoms with E-state index in [1.807, 2.05) is 20.8 Å². The van der Waals surface area contributed by atoms with Crippen LogP contribution in [0.4, 0.5) is 4.39 Å². The van der Waals surface area contributed by atoms with Crippen LogP contribution in [0.3, 0.4) is 0 Å². The molecule has 0 saturated heterocycles. The second-order valence-corrected chi connectivity index (χ2v) is 5.10. The van der Waals surface area contributed by atoms with Crippen molar-refractivity contribution in [2.75, 3.05) is 6.67 Å². The second-order valence-electron chi connectivity index (χ2n) is 5.10. The summed E-state index contributed by atoms with van der Waals surface area (Å²) in [7, 11) is 0. The lowest BCUT2D eigenvalue weighted by molar-refractivity contribution is 0.239. The first-order valence-corrected chi connectivity index (χ1v) is 5.67. The Morgan fingerprint density at radius 3 is 2.14 bits per heavy atom. The van der Waals surface area contributed by atoms with Crippen molar-refractivity contribution in [2.24, 2.45) is 10.8 Å². The number of alkyl halides is 1. The predicted molar refractivity (Wildman–Crippen MR) is 62.2 cm³/mol. The SMILES string of the molecule is CC.CC(C)(C)C1=CCCC1(C)CF. The summed E-state index contributed by atoms with van der Waals surface area (Å²) in [5.74, 6) is 0. The van der Waals surface area contributed by atoms with Crippen LogP contribution in [-0.4, -0.2) is 6.67 Å². The maximum absolute atomic E-state index is 12.8. The smallest absolute Gasteiger partial charge is 0.0985 e. The van der Waals surface area contributed by atoms with Gasteiger partial charge in [-0.25, -0.2) is 0 Å². The Morgan fingerprint density at radius 1 is 1.36 bits per heavy atom. The molecule has 1 atom stereocenters. The molecule has 0 amide bonds. The van der Waals surface area contributed by atoms with Crippen LogP contribution in [0.1, 0.15) is 54.4 Å². The summed E-state index contributed by atoms with van der Waals surface area (Å²) >= 11 is 0. The van der Waals surface area contributed by atoms with E-state index in [-0.39, 0.29) is 17.5 Å². The third kappa shape index (κ3) is 2.83. The molecule has 1 heteroatoms. The minimum atomic E-state index is -0.212. The number of hydrogen-bond donors (Lipinski definition) is 0. The van der Waals surface area contributed by atoms with Gasteiger partial charge in [0.15, 0.2) is 0 Å². The molecule has 0 radical (unpaired) electrons. The van der Waals surface area contributed by atoms with Gasteiger partial charge in [0.2, 0.25) is 0 Å². The Labute approximate surface area is 88.6 Å². The van der Waals surface area contributed by atoms with E-state index in [0.717, 1.165) is 12.8 Å². The molecule has 1 unspecified atom stereocenters. The fraction of sp³-hybridized carbons (Fsp3) is 0.846. The lowest BCUT2D eigenvalue weighted by Gasteiger charge is -2.33. The van der Waals surface area contributed by atoms with Crippen molar-refractivity contribution >= 4 is 0 Å². The van der Waals surface area contributed by atoms with E-state index in [2.05, 4.69) is 26.8 Å². The molecule has 0 aromatic rings. The van der Waals surface area contributed by atoms with Crippen molar-refractivity contribution in [3.8, 4) is 0 Å². The second kappa shape index (κ2) is 4.95. The van der Waals surface area contributed by atoms with Gasteiger partial charge in [-0.15, -0.1) is 0 Å². The maximum Gasteiger partial charge on any atom is 0.0985 e. The van der Waals surface area contributed by atoms with E-state index in [0.29, 0.717) is 0 Å². The molecule has 1 aliphatic rings. The molecule has 0 saturated carbocycles. The normalized spacial score (nSPS) is 26.6. The number of hydrogen-bond acceptors (Lipinski definition) is 0. The molecule has 0 nitrogen and oxygen atoms in total. The zero-order valence-electron chi connectivity index (χ0n) is 10.6. The highest BCUT2D eigenvalue weighted by molar-refractivity contribution is 5.24. The van der Waals surface area contributed by atoms with Crippen molar-refractivity contribution < 1.29 is 4.39 Å². The van der Waals surface area contributed by atoms with Crippen LogP contribution in [0.5, 0.6) is 0 Å². The first-order valence-electron chi connectivity index (χ1n) is 5.67. The number of rotatable bonds is 1. The highest BCUT2D eigenvalue weighted by Crippen LogP contribution is 2.47. The minimum Gasteiger partial charge on any atom is -0.250 e. The Hall–Kier alpha value is -0.330. The van der Waals surface area contributed by atoms with Crippen LogP contribution in [0.15, 0.2) is 11.6 Å². The molecule has 0 aliphatic heterocycles.